The second kappa shape index (κ2) is 6.86. The molecule has 1 aromatic heterocycles. The molecule has 6 heteroatoms. The summed E-state index contributed by atoms with van der Waals surface area (Å²) in [7, 11) is 0. The van der Waals surface area contributed by atoms with Crippen LogP contribution in [0.5, 0.6) is 0 Å². The summed E-state index contributed by atoms with van der Waals surface area (Å²) in [5.41, 5.74) is 2.53. The van der Waals surface area contributed by atoms with Crippen LogP contribution in [-0.4, -0.2) is 20.8 Å². The number of fused-ring (bicyclic) bond motifs is 1. The van der Waals surface area contributed by atoms with Gasteiger partial charge >= 0.3 is 6.03 Å². The number of benzene rings is 1. The number of hydrogen-bond donors (Lipinski definition) is 2. The lowest BCUT2D eigenvalue weighted by Crippen LogP contribution is -2.37. The van der Waals surface area contributed by atoms with Crippen LogP contribution in [0.15, 0.2) is 24.3 Å². The highest BCUT2D eigenvalue weighted by Gasteiger charge is 2.23. The Labute approximate surface area is 148 Å². The van der Waals surface area contributed by atoms with Crippen molar-refractivity contribution in [2.24, 2.45) is 0 Å². The van der Waals surface area contributed by atoms with E-state index >= 15 is 0 Å². The molecule has 2 aliphatic rings. The number of amides is 2. The molecule has 25 heavy (non-hydrogen) atoms. The predicted molar refractivity (Wildman–Crippen MR) is 95.2 cm³/mol. The van der Waals surface area contributed by atoms with E-state index in [1.165, 1.54) is 24.8 Å². The largest absolute Gasteiger partial charge is 0.334 e. The third-order valence-corrected chi connectivity index (χ3v) is 5.10. The van der Waals surface area contributed by atoms with Gasteiger partial charge in [-0.3, -0.25) is 0 Å². The quantitative estimate of drug-likeness (QED) is 0.879. The fourth-order valence-electron chi connectivity index (χ4n) is 3.47. The molecule has 0 spiro atoms. The summed E-state index contributed by atoms with van der Waals surface area (Å²) in [4.78, 5) is 12.2. The van der Waals surface area contributed by atoms with Gasteiger partial charge in [0, 0.05) is 19.5 Å². The van der Waals surface area contributed by atoms with Gasteiger partial charge in [-0.2, -0.15) is 0 Å². The number of urea groups is 1. The minimum Gasteiger partial charge on any atom is -0.334 e. The van der Waals surface area contributed by atoms with Crippen molar-refractivity contribution in [3.63, 3.8) is 0 Å². The number of rotatable bonds is 5. The van der Waals surface area contributed by atoms with Crippen molar-refractivity contribution in [1.29, 1.82) is 0 Å². The highest BCUT2D eigenvalue weighted by molar-refractivity contribution is 5.74. The zero-order valence-electron chi connectivity index (χ0n) is 14.7. The topological polar surface area (TPSA) is 71.8 Å². The van der Waals surface area contributed by atoms with Crippen molar-refractivity contribution in [2.45, 2.75) is 64.1 Å². The number of hydrogen-bond acceptors (Lipinski definition) is 3. The number of carbonyl (C=O) groups is 1. The first-order valence-electron chi connectivity index (χ1n) is 9.26. The first kappa shape index (κ1) is 16.1. The van der Waals surface area contributed by atoms with Gasteiger partial charge in [0.2, 0.25) is 0 Å². The Morgan fingerprint density at radius 3 is 2.80 bits per heavy atom. The van der Waals surface area contributed by atoms with E-state index in [9.17, 15) is 4.79 Å². The van der Waals surface area contributed by atoms with Gasteiger partial charge < -0.3 is 15.2 Å². The van der Waals surface area contributed by atoms with Crippen molar-refractivity contribution < 1.29 is 4.79 Å². The normalized spacial score (nSPS) is 17.6. The van der Waals surface area contributed by atoms with E-state index in [1.54, 1.807) is 0 Å². The Morgan fingerprint density at radius 1 is 1.24 bits per heavy atom. The Balaban J connectivity index is 1.30. The molecule has 2 amide bonds. The molecule has 2 heterocycles. The molecule has 1 atom stereocenters. The van der Waals surface area contributed by atoms with Crippen LogP contribution in [0.25, 0.3) is 0 Å². The maximum Gasteiger partial charge on any atom is 0.315 e. The molecular weight excluding hydrogens is 314 g/mol. The lowest BCUT2D eigenvalue weighted by atomic mass is 10.1. The molecule has 1 fully saturated rings. The standard InChI is InChI=1S/C19H25N5O/c1-13(18-23-22-17-4-2-3-11-24(17)18)21-19(25)20-12-14-5-7-15(8-6-14)16-9-10-16/h5-8,13,16H,2-4,9-12H2,1H3,(H2,20,21,25)/t13-/m1/s1. The highest BCUT2D eigenvalue weighted by Crippen LogP contribution is 2.39. The summed E-state index contributed by atoms with van der Waals surface area (Å²) in [5, 5.41) is 14.4. The number of aromatic nitrogens is 3. The number of nitrogens with zero attached hydrogens (tertiary/aromatic N) is 3. The molecule has 0 unspecified atom stereocenters. The molecule has 1 saturated carbocycles. The second-order valence-corrected chi connectivity index (χ2v) is 7.15. The molecule has 4 rings (SSSR count). The summed E-state index contributed by atoms with van der Waals surface area (Å²) in [6.07, 6.45) is 5.91. The Hall–Kier alpha value is -2.37. The zero-order chi connectivity index (χ0) is 17.2. The molecule has 1 aliphatic carbocycles. The van der Waals surface area contributed by atoms with Crippen molar-refractivity contribution >= 4 is 6.03 Å². The van der Waals surface area contributed by atoms with Gasteiger partial charge in [-0.15, -0.1) is 10.2 Å². The third kappa shape index (κ3) is 3.67. The van der Waals surface area contributed by atoms with E-state index < -0.39 is 0 Å². The molecule has 1 aliphatic heterocycles. The number of nitrogens with one attached hydrogen (secondary N) is 2. The summed E-state index contributed by atoms with van der Waals surface area (Å²) in [6, 6.07) is 8.23. The van der Waals surface area contributed by atoms with Crippen LogP contribution >= 0.6 is 0 Å². The fraction of sp³-hybridized carbons (Fsp3) is 0.526. The average molecular weight is 339 g/mol. The van der Waals surface area contributed by atoms with Crippen LogP contribution in [0.4, 0.5) is 4.79 Å². The van der Waals surface area contributed by atoms with Gasteiger partial charge in [-0.1, -0.05) is 24.3 Å². The lowest BCUT2D eigenvalue weighted by molar-refractivity contribution is 0.236. The molecule has 132 valence electrons. The average Bonchev–Trinajstić information content (AvgIpc) is 3.39. The van der Waals surface area contributed by atoms with Gasteiger partial charge in [0.25, 0.3) is 0 Å². The van der Waals surface area contributed by atoms with Crippen molar-refractivity contribution in [2.75, 3.05) is 0 Å². The summed E-state index contributed by atoms with van der Waals surface area (Å²) >= 11 is 0. The molecule has 2 N–H and O–H groups in total. The number of carbonyl (C=O) groups excluding carboxylic acids is 1. The van der Waals surface area contributed by atoms with Crippen LogP contribution < -0.4 is 10.6 Å². The lowest BCUT2D eigenvalue weighted by Gasteiger charge is -2.19. The van der Waals surface area contributed by atoms with Crippen LogP contribution in [0.1, 0.15) is 67.3 Å². The van der Waals surface area contributed by atoms with Crippen molar-refractivity contribution in [3.05, 3.63) is 47.0 Å². The van der Waals surface area contributed by atoms with Crippen LogP contribution in [-0.2, 0) is 19.5 Å². The first-order chi connectivity index (χ1) is 12.2. The van der Waals surface area contributed by atoms with Crippen LogP contribution in [0.3, 0.4) is 0 Å². The molecule has 6 nitrogen and oxygen atoms in total. The fourth-order valence-corrected chi connectivity index (χ4v) is 3.47. The zero-order valence-corrected chi connectivity index (χ0v) is 14.7. The highest BCUT2D eigenvalue weighted by atomic mass is 16.2. The second-order valence-electron chi connectivity index (χ2n) is 7.15. The summed E-state index contributed by atoms with van der Waals surface area (Å²) in [5.74, 6) is 2.64. The van der Waals surface area contributed by atoms with E-state index in [-0.39, 0.29) is 12.1 Å². The van der Waals surface area contributed by atoms with E-state index in [0.717, 1.165) is 42.5 Å². The summed E-state index contributed by atoms with van der Waals surface area (Å²) < 4.78 is 2.14. The molecular formula is C19H25N5O. The molecule has 2 aromatic rings. The van der Waals surface area contributed by atoms with Crippen molar-refractivity contribution in [3.8, 4) is 0 Å². The van der Waals surface area contributed by atoms with Gasteiger partial charge in [0.15, 0.2) is 5.82 Å². The maximum atomic E-state index is 12.2. The Morgan fingerprint density at radius 2 is 2.04 bits per heavy atom. The maximum absolute atomic E-state index is 12.2. The molecule has 0 bridgehead atoms. The minimum absolute atomic E-state index is 0.156. The minimum atomic E-state index is -0.174. The van der Waals surface area contributed by atoms with E-state index in [4.69, 9.17) is 0 Å². The summed E-state index contributed by atoms with van der Waals surface area (Å²) in [6.45, 7) is 3.43. The Kier molecular flexibility index (Phi) is 4.42. The molecule has 1 aromatic carbocycles. The van der Waals surface area contributed by atoms with Gasteiger partial charge in [-0.05, 0) is 49.7 Å². The Bertz CT molecular complexity index is 748. The van der Waals surface area contributed by atoms with Gasteiger partial charge in [0.1, 0.15) is 5.82 Å². The monoisotopic (exact) mass is 339 g/mol. The van der Waals surface area contributed by atoms with Crippen molar-refractivity contribution in [1.82, 2.24) is 25.4 Å². The van der Waals surface area contributed by atoms with Crippen LogP contribution in [0.2, 0.25) is 0 Å². The third-order valence-electron chi connectivity index (χ3n) is 5.10. The SMILES string of the molecule is C[C@@H](NC(=O)NCc1ccc(C2CC2)cc1)c1nnc2n1CCCC2. The van der Waals surface area contributed by atoms with E-state index in [1.807, 2.05) is 6.92 Å². The van der Waals surface area contributed by atoms with E-state index in [2.05, 4.69) is 49.7 Å². The number of aryl methyl sites for hydroxylation is 1. The predicted octanol–water partition coefficient (Wildman–Crippen LogP) is 3.05. The first-order valence-corrected chi connectivity index (χ1v) is 9.26. The van der Waals surface area contributed by atoms with Gasteiger partial charge in [0.05, 0.1) is 6.04 Å². The van der Waals surface area contributed by atoms with Crippen LogP contribution in [0, 0.1) is 0 Å². The van der Waals surface area contributed by atoms with Gasteiger partial charge in [-0.25, -0.2) is 4.79 Å². The smallest absolute Gasteiger partial charge is 0.315 e. The van der Waals surface area contributed by atoms with E-state index in [0.29, 0.717) is 6.54 Å². The molecule has 0 saturated heterocycles. The molecule has 0 radical (unpaired) electrons.